The fourth-order valence-corrected chi connectivity index (χ4v) is 1.03. The number of ketones is 1. The molecular formula is C8H16O. The molecule has 0 spiro atoms. The molecular weight excluding hydrogens is 112 g/mol. The molecule has 0 rings (SSSR count). The molecule has 0 aromatic heterocycles. The quantitative estimate of drug-likeness (QED) is 0.568. The Hall–Kier alpha value is -0.330. The van der Waals surface area contributed by atoms with Gasteiger partial charge in [-0.1, -0.05) is 20.8 Å². The second kappa shape index (κ2) is 4.54. The van der Waals surface area contributed by atoms with Crippen LogP contribution in [0.5, 0.6) is 0 Å². The van der Waals surface area contributed by atoms with Gasteiger partial charge in [0, 0.05) is 12.3 Å². The van der Waals surface area contributed by atoms with Crippen LogP contribution in [0.3, 0.4) is 0 Å². The predicted octanol–water partition coefficient (Wildman–Crippen LogP) is 2.40. The maximum atomic E-state index is 11.0. The van der Waals surface area contributed by atoms with Crippen LogP contribution in [0.1, 0.15) is 40.0 Å². The van der Waals surface area contributed by atoms with E-state index in [9.17, 15) is 4.79 Å². The Labute approximate surface area is 57.5 Å². The van der Waals surface area contributed by atoms with Crippen molar-refractivity contribution in [3.05, 3.63) is 0 Å². The minimum atomic E-state index is 0.329. The Bertz CT molecular complexity index is 82.6. The van der Waals surface area contributed by atoms with Gasteiger partial charge in [0.1, 0.15) is 5.78 Å². The standard InChI is InChI=1S/C8H16O/c1-4-7(5-2)8(9)6-3/h7H,4-6H2,1-3H3. The molecule has 0 saturated carbocycles. The van der Waals surface area contributed by atoms with Crippen LogP contribution in [-0.2, 0) is 4.79 Å². The lowest BCUT2D eigenvalue weighted by Gasteiger charge is -2.07. The van der Waals surface area contributed by atoms with Gasteiger partial charge < -0.3 is 0 Å². The third-order valence-corrected chi connectivity index (χ3v) is 1.79. The molecule has 0 radical (unpaired) electrons. The number of carbonyl (C=O) groups is 1. The molecule has 0 N–H and O–H groups in total. The summed E-state index contributed by atoms with van der Waals surface area (Å²) in [6.45, 7) is 6.07. The van der Waals surface area contributed by atoms with E-state index in [-0.39, 0.29) is 0 Å². The molecule has 9 heavy (non-hydrogen) atoms. The monoisotopic (exact) mass is 128 g/mol. The SMILES string of the molecule is CCC(=O)C(CC)CC. The van der Waals surface area contributed by atoms with E-state index in [2.05, 4.69) is 13.8 Å². The fraction of sp³-hybridized carbons (Fsp3) is 0.875. The van der Waals surface area contributed by atoms with E-state index < -0.39 is 0 Å². The zero-order valence-electron chi connectivity index (χ0n) is 6.61. The van der Waals surface area contributed by atoms with Crippen molar-refractivity contribution >= 4 is 5.78 Å². The summed E-state index contributed by atoms with van der Waals surface area (Å²) in [4.78, 5) is 11.0. The zero-order valence-corrected chi connectivity index (χ0v) is 6.61. The third-order valence-electron chi connectivity index (χ3n) is 1.79. The summed E-state index contributed by atoms with van der Waals surface area (Å²) < 4.78 is 0. The molecule has 0 fully saturated rings. The molecule has 0 heterocycles. The van der Waals surface area contributed by atoms with Crippen molar-refractivity contribution in [2.45, 2.75) is 40.0 Å². The number of hydrogen-bond acceptors (Lipinski definition) is 1. The molecule has 0 aliphatic carbocycles. The van der Waals surface area contributed by atoms with Crippen molar-refractivity contribution in [1.29, 1.82) is 0 Å². The summed E-state index contributed by atoms with van der Waals surface area (Å²) in [5.41, 5.74) is 0. The number of rotatable bonds is 4. The van der Waals surface area contributed by atoms with E-state index in [0.29, 0.717) is 18.1 Å². The first-order chi connectivity index (χ1) is 4.26. The largest absolute Gasteiger partial charge is 0.299 e. The Morgan fingerprint density at radius 3 is 1.78 bits per heavy atom. The first-order valence-electron chi connectivity index (χ1n) is 3.78. The van der Waals surface area contributed by atoms with Crippen molar-refractivity contribution in [1.82, 2.24) is 0 Å². The first-order valence-corrected chi connectivity index (χ1v) is 3.78. The summed E-state index contributed by atoms with van der Waals surface area (Å²) in [6.07, 6.45) is 2.71. The van der Waals surface area contributed by atoms with E-state index in [1.165, 1.54) is 0 Å². The Kier molecular flexibility index (Phi) is 4.37. The van der Waals surface area contributed by atoms with Crippen LogP contribution in [0.4, 0.5) is 0 Å². The van der Waals surface area contributed by atoms with E-state index in [1.807, 2.05) is 6.92 Å². The molecule has 0 aromatic carbocycles. The third kappa shape index (κ3) is 2.64. The van der Waals surface area contributed by atoms with Crippen molar-refractivity contribution in [2.24, 2.45) is 5.92 Å². The van der Waals surface area contributed by atoms with Crippen molar-refractivity contribution < 1.29 is 4.79 Å². The van der Waals surface area contributed by atoms with Crippen LogP contribution in [0.25, 0.3) is 0 Å². The van der Waals surface area contributed by atoms with Crippen LogP contribution >= 0.6 is 0 Å². The molecule has 0 amide bonds. The average molecular weight is 128 g/mol. The minimum absolute atomic E-state index is 0.329. The first kappa shape index (κ1) is 8.67. The highest BCUT2D eigenvalue weighted by atomic mass is 16.1. The maximum Gasteiger partial charge on any atom is 0.135 e. The molecule has 0 unspecified atom stereocenters. The van der Waals surface area contributed by atoms with Crippen molar-refractivity contribution in [3.63, 3.8) is 0 Å². The van der Waals surface area contributed by atoms with Crippen LogP contribution in [0.15, 0.2) is 0 Å². The lowest BCUT2D eigenvalue weighted by molar-refractivity contribution is -0.122. The molecule has 0 bridgehead atoms. The smallest absolute Gasteiger partial charge is 0.135 e. The topological polar surface area (TPSA) is 17.1 Å². The van der Waals surface area contributed by atoms with Gasteiger partial charge in [-0.2, -0.15) is 0 Å². The Morgan fingerprint density at radius 1 is 1.22 bits per heavy atom. The average Bonchev–Trinajstić information content (AvgIpc) is 1.90. The molecule has 0 aliphatic heterocycles. The van der Waals surface area contributed by atoms with Gasteiger partial charge in [-0.05, 0) is 12.8 Å². The van der Waals surface area contributed by atoms with Crippen molar-refractivity contribution in [3.8, 4) is 0 Å². The molecule has 0 atom stereocenters. The van der Waals surface area contributed by atoms with Gasteiger partial charge in [0.25, 0.3) is 0 Å². The molecule has 0 aromatic rings. The van der Waals surface area contributed by atoms with Gasteiger partial charge >= 0.3 is 0 Å². The van der Waals surface area contributed by atoms with Crippen LogP contribution in [0.2, 0.25) is 0 Å². The van der Waals surface area contributed by atoms with E-state index in [0.717, 1.165) is 12.8 Å². The second-order valence-electron chi connectivity index (χ2n) is 2.33. The van der Waals surface area contributed by atoms with Crippen LogP contribution in [0, 0.1) is 5.92 Å². The number of hydrogen-bond donors (Lipinski definition) is 0. The predicted molar refractivity (Wildman–Crippen MR) is 39.4 cm³/mol. The summed E-state index contributed by atoms with van der Waals surface area (Å²) in [6, 6.07) is 0. The highest BCUT2D eigenvalue weighted by molar-refractivity contribution is 5.80. The van der Waals surface area contributed by atoms with Crippen molar-refractivity contribution in [2.75, 3.05) is 0 Å². The maximum absolute atomic E-state index is 11.0. The second-order valence-corrected chi connectivity index (χ2v) is 2.33. The van der Waals surface area contributed by atoms with Crippen LogP contribution < -0.4 is 0 Å². The van der Waals surface area contributed by atoms with Gasteiger partial charge in [0.15, 0.2) is 0 Å². The highest BCUT2D eigenvalue weighted by Gasteiger charge is 2.10. The Balaban J connectivity index is 3.64. The molecule has 0 aliphatic rings. The highest BCUT2D eigenvalue weighted by Crippen LogP contribution is 2.09. The van der Waals surface area contributed by atoms with E-state index >= 15 is 0 Å². The molecule has 1 nitrogen and oxygen atoms in total. The lowest BCUT2D eigenvalue weighted by Crippen LogP contribution is -2.10. The van der Waals surface area contributed by atoms with Gasteiger partial charge in [0.2, 0.25) is 0 Å². The molecule has 1 heteroatoms. The fourth-order valence-electron chi connectivity index (χ4n) is 1.03. The van der Waals surface area contributed by atoms with Gasteiger partial charge in [-0.3, -0.25) is 4.79 Å². The molecule has 54 valence electrons. The van der Waals surface area contributed by atoms with E-state index in [1.54, 1.807) is 0 Å². The lowest BCUT2D eigenvalue weighted by atomic mass is 9.97. The van der Waals surface area contributed by atoms with Gasteiger partial charge in [-0.25, -0.2) is 0 Å². The van der Waals surface area contributed by atoms with Gasteiger partial charge in [0.05, 0.1) is 0 Å². The van der Waals surface area contributed by atoms with Gasteiger partial charge in [-0.15, -0.1) is 0 Å². The minimum Gasteiger partial charge on any atom is -0.299 e. The summed E-state index contributed by atoms with van der Waals surface area (Å²) in [7, 11) is 0. The summed E-state index contributed by atoms with van der Waals surface area (Å²) in [5, 5.41) is 0. The summed E-state index contributed by atoms with van der Waals surface area (Å²) in [5.74, 6) is 0.745. The van der Waals surface area contributed by atoms with Crippen LogP contribution in [-0.4, -0.2) is 5.78 Å². The van der Waals surface area contributed by atoms with E-state index in [4.69, 9.17) is 0 Å². The Morgan fingerprint density at radius 2 is 1.67 bits per heavy atom. The number of carbonyl (C=O) groups excluding carboxylic acids is 1. The molecule has 0 saturated heterocycles. The normalized spacial score (nSPS) is 10.2. The zero-order chi connectivity index (χ0) is 7.28. The summed E-state index contributed by atoms with van der Waals surface area (Å²) >= 11 is 0. The number of Topliss-reactive ketones (excluding diaryl/α,β-unsaturated/α-hetero) is 1.